The number of nitrogen functional groups attached to an aromatic ring is 1. The van der Waals surface area contributed by atoms with Crippen molar-refractivity contribution in [1.29, 1.82) is 0 Å². The van der Waals surface area contributed by atoms with Crippen LogP contribution in [0.15, 0.2) is 24.5 Å². The van der Waals surface area contributed by atoms with E-state index in [2.05, 4.69) is 52.8 Å². The zero-order valence-electron chi connectivity index (χ0n) is 10.8. The number of anilines is 3. The van der Waals surface area contributed by atoms with Crippen molar-refractivity contribution in [3.63, 3.8) is 0 Å². The first-order valence-corrected chi connectivity index (χ1v) is 5.73. The molecule has 0 spiro atoms. The number of nitrogens with one attached hydrogen (secondary N) is 2. The fourth-order valence-corrected chi connectivity index (χ4v) is 1.91. The lowest BCUT2D eigenvalue weighted by atomic mass is 10.1. The zero-order valence-corrected chi connectivity index (χ0v) is 10.8. The van der Waals surface area contributed by atoms with Crippen molar-refractivity contribution in [2.45, 2.75) is 20.8 Å². The Bertz CT molecular complexity index is 545. The second kappa shape index (κ2) is 5.01. The summed E-state index contributed by atoms with van der Waals surface area (Å²) in [4.78, 5) is 8.27. The first kappa shape index (κ1) is 12.3. The highest BCUT2D eigenvalue weighted by Crippen LogP contribution is 2.23. The summed E-state index contributed by atoms with van der Waals surface area (Å²) in [6.45, 7) is 6.05. The maximum atomic E-state index is 5.39. The number of hydrogen-bond donors (Lipinski definition) is 3. The molecule has 0 saturated heterocycles. The van der Waals surface area contributed by atoms with E-state index in [9.17, 15) is 0 Å². The molecule has 0 unspecified atom stereocenters. The van der Waals surface area contributed by atoms with E-state index in [1.807, 2.05) is 6.92 Å². The number of rotatable bonds is 3. The van der Waals surface area contributed by atoms with Crippen molar-refractivity contribution >= 4 is 17.3 Å². The van der Waals surface area contributed by atoms with Gasteiger partial charge in [0, 0.05) is 11.3 Å². The molecular weight excluding hydrogens is 226 g/mol. The Morgan fingerprint density at radius 1 is 0.944 bits per heavy atom. The molecule has 0 bridgehead atoms. The fourth-order valence-electron chi connectivity index (χ4n) is 1.91. The van der Waals surface area contributed by atoms with Gasteiger partial charge in [0.25, 0.3) is 0 Å². The molecule has 5 heteroatoms. The quantitative estimate of drug-likeness (QED) is 0.570. The Morgan fingerprint density at radius 3 is 2.17 bits per heavy atom. The van der Waals surface area contributed by atoms with Gasteiger partial charge in [-0.05, 0) is 44.0 Å². The average molecular weight is 243 g/mol. The minimum Gasteiger partial charge on any atom is -0.340 e. The number of hydrazine groups is 1. The average Bonchev–Trinajstić information content (AvgIpc) is 2.30. The van der Waals surface area contributed by atoms with Crippen molar-refractivity contribution in [3.8, 4) is 0 Å². The van der Waals surface area contributed by atoms with E-state index < -0.39 is 0 Å². The molecule has 0 atom stereocenters. The fraction of sp³-hybridized carbons (Fsp3) is 0.231. The van der Waals surface area contributed by atoms with Crippen LogP contribution in [0, 0.1) is 20.8 Å². The van der Waals surface area contributed by atoms with Crippen molar-refractivity contribution in [3.05, 3.63) is 41.2 Å². The summed E-state index contributed by atoms with van der Waals surface area (Å²) in [5.41, 5.74) is 6.87. The van der Waals surface area contributed by atoms with Crippen molar-refractivity contribution in [2.75, 3.05) is 10.7 Å². The SMILES string of the molecule is Cc1cc(C)cc(Nc2ncnc(NN)c2C)c1. The Morgan fingerprint density at radius 2 is 1.56 bits per heavy atom. The van der Waals surface area contributed by atoms with Gasteiger partial charge in [0.15, 0.2) is 0 Å². The topological polar surface area (TPSA) is 75.9 Å². The highest BCUT2D eigenvalue weighted by molar-refractivity contribution is 5.64. The molecule has 0 fully saturated rings. The first-order chi connectivity index (χ1) is 8.60. The molecule has 18 heavy (non-hydrogen) atoms. The lowest BCUT2D eigenvalue weighted by molar-refractivity contribution is 1.10. The Hall–Kier alpha value is -2.14. The molecule has 94 valence electrons. The number of nitrogens with zero attached hydrogens (tertiary/aromatic N) is 2. The van der Waals surface area contributed by atoms with Gasteiger partial charge in [0.2, 0.25) is 0 Å². The summed E-state index contributed by atoms with van der Waals surface area (Å²) < 4.78 is 0. The third-order valence-corrected chi connectivity index (χ3v) is 2.71. The Balaban J connectivity index is 2.34. The molecular formula is C13H17N5. The molecule has 2 aromatic rings. The minimum absolute atomic E-state index is 0.622. The monoisotopic (exact) mass is 243 g/mol. The smallest absolute Gasteiger partial charge is 0.148 e. The number of aryl methyl sites for hydroxylation is 2. The normalized spacial score (nSPS) is 10.2. The molecule has 0 aliphatic carbocycles. The summed E-state index contributed by atoms with van der Waals surface area (Å²) in [7, 11) is 0. The molecule has 1 aromatic carbocycles. The molecule has 2 rings (SSSR count). The number of nitrogens with two attached hydrogens (primary N) is 1. The van der Waals surface area contributed by atoms with Crippen LogP contribution >= 0.6 is 0 Å². The van der Waals surface area contributed by atoms with Crippen LogP contribution in [0.3, 0.4) is 0 Å². The van der Waals surface area contributed by atoms with Gasteiger partial charge in [-0.2, -0.15) is 0 Å². The van der Waals surface area contributed by atoms with E-state index in [4.69, 9.17) is 5.84 Å². The minimum atomic E-state index is 0.622. The summed E-state index contributed by atoms with van der Waals surface area (Å²) in [6.07, 6.45) is 1.48. The van der Waals surface area contributed by atoms with Crippen LogP contribution in [0.2, 0.25) is 0 Å². The van der Waals surface area contributed by atoms with Crippen molar-refractivity contribution < 1.29 is 0 Å². The summed E-state index contributed by atoms with van der Waals surface area (Å²) >= 11 is 0. The Kier molecular flexibility index (Phi) is 3.43. The second-order valence-electron chi connectivity index (χ2n) is 4.34. The van der Waals surface area contributed by atoms with Crippen LogP contribution in [0.5, 0.6) is 0 Å². The maximum Gasteiger partial charge on any atom is 0.148 e. The number of hydrogen-bond acceptors (Lipinski definition) is 5. The third kappa shape index (κ3) is 2.57. The number of aromatic nitrogens is 2. The van der Waals surface area contributed by atoms with Gasteiger partial charge in [0.1, 0.15) is 18.0 Å². The molecule has 1 heterocycles. The maximum absolute atomic E-state index is 5.39. The largest absolute Gasteiger partial charge is 0.340 e. The predicted molar refractivity (Wildman–Crippen MR) is 73.8 cm³/mol. The van der Waals surface area contributed by atoms with Gasteiger partial charge >= 0.3 is 0 Å². The van der Waals surface area contributed by atoms with Crippen LogP contribution in [-0.4, -0.2) is 9.97 Å². The second-order valence-corrected chi connectivity index (χ2v) is 4.34. The van der Waals surface area contributed by atoms with E-state index in [0.717, 1.165) is 17.1 Å². The van der Waals surface area contributed by atoms with Crippen molar-refractivity contribution in [2.24, 2.45) is 5.84 Å². The van der Waals surface area contributed by atoms with Gasteiger partial charge in [-0.25, -0.2) is 15.8 Å². The standard InChI is InChI=1S/C13H17N5/c1-8-4-9(2)6-11(5-8)17-12-10(3)13(18-14)16-7-15-12/h4-7H,14H2,1-3H3,(H2,15,16,17,18). The van der Waals surface area contributed by atoms with Crippen molar-refractivity contribution in [1.82, 2.24) is 9.97 Å². The summed E-state index contributed by atoms with van der Waals surface area (Å²) in [6, 6.07) is 6.28. The van der Waals surface area contributed by atoms with Crippen LogP contribution in [0.25, 0.3) is 0 Å². The van der Waals surface area contributed by atoms with Crippen LogP contribution < -0.4 is 16.6 Å². The molecule has 1 aromatic heterocycles. The first-order valence-electron chi connectivity index (χ1n) is 5.73. The van der Waals surface area contributed by atoms with E-state index >= 15 is 0 Å². The van der Waals surface area contributed by atoms with Gasteiger partial charge in [-0.3, -0.25) is 0 Å². The molecule has 0 aliphatic heterocycles. The molecule has 0 saturated carbocycles. The highest BCUT2D eigenvalue weighted by Gasteiger charge is 2.06. The van der Waals surface area contributed by atoms with E-state index in [-0.39, 0.29) is 0 Å². The van der Waals surface area contributed by atoms with Gasteiger partial charge < -0.3 is 10.7 Å². The summed E-state index contributed by atoms with van der Waals surface area (Å²) in [5, 5.41) is 3.28. The van der Waals surface area contributed by atoms with Gasteiger partial charge in [-0.15, -0.1) is 0 Å². The van der Waals surface area contributed by atoms with E-state index in [1.165, 1.54) is 17.5 Å². The lowest BCUT2D eigenvalue weighted by Gasteiger charge is -2.12. The van der Waals surface area contributed by atoms with E-state index in [1.54, 1.807) is 0 Å². The summed E-state index contributed by atoms with van der Waals surface area (Å²) in [5.74, 6) is 6.77. The Labute approximate surface area is 106 Å². The predicted octanol–water partition coefficient (Wildman–Crippen LogP) is 2.43. The zero-order chi connectivity index (χ0) is 13.1. The molecule has 5 nitrogen and oxygen atoms in total. The molecule has 0 radical (unpaired) electrons. The molecule has 0 aliphatic rings. The molecule has 0 amide bonds. The third-order valence-electron chi connectivity index (χ3n) is 2.71. The highest BCUT2D eigenvalue weighted by atomic mass is 15.3. The van der Waals surface area contributed by atoms with Gasteiger partial charge in [0.05, 0.1) is 0 Å². The van der Waals surface area contributed by atoms with E-state index in [0.29, 0.717) is 5.82 Å². The lowest BCUT2D eigenvalue weighted by Crippen LogP contribution is -2.11. The van der Waals surface area contributed by atoms with Crippen LogP contribution in [0.4, 0.5) is 17.3 Å². The van der Waals surface area contributed by atoms with Crippen LogP contribution in [-0.2, 0) is 0 Å². The molecule has 4 N–H and O–H groups in total. The number of benzene rings is 1. The van der Waals surface area contributed by atoms with Gasteiger partial charge in [-0.1, -0.05) is 6.07 Å². The van der Waals surface area contributed by atoms with Crippen LogP contribution in [0.1, 0.15) is 16.7 Å².